The fraction of sp³-hybridized carbons (Fsp3) is 0.292. The minimum atomic E-state index is -0.941. The van der Waals surface area contributed by atoms with Crippen LogP contribution in [0.5, 0.6) is 5.75 Å². The summed E-state index contributed by atoms with van der Waals surface area (Å²) in [5.41, 5.74) is 4.75. The lowest BCUT2D eigenvalue weighted by Crippen LogP contribution is -2.30. The van der Waals surface area contributed by atoms with Crippen molar-refractivity contribution in [2.75, 3.05) is 5.32 Å². The van der Waals surface area contributed by atoms with Crippen molar-refractivity contribution in [2.24, 2.45) is 0 Å². The first-order valence-corrected chi connectivity index (χ1v) is 9.98. The van der Waals surface area contributed by atoms with Crippen molar-refractivity contribution in [1.29, 1.82) is 0 Å². The average molecular weight is 422 g/mol. The lowest BCUT2D eigenvalue weighted by molar-refractivity contribution is -0.123. The van der Waals surface area contributed by atoms with E-state index in [1.165, 1.54) is 6.92 Å². The van der Waals surface area contributed by atoms with Gasteiger partial charge in [-0.05, 0) is 70.5 Å². The summed E-state index contributed by atoms with van der Waals surface area (Å²) in [6.07, 6.45) is -0.941. The van der Waals surface area contributed by atoms with Gasteiger partial charge in [-0.15, -0.1) is 0 Å². The number of aryl methyl sites for hydroxylation is 4. The number of nitrogens with zero attached hydrogens (tertiary/aromatic N) is 1. The van der Waals surface area contributed by atoms with Crippen LogP contribution in [0.2, 0.25) is 0 Å². The number of amides is 1. The fourth-order valence-corrected chi connectivity index (χ4v) is 3.02. The van der Waals surface area contributed by atoms with Gasteiger partial charge in [-0.2, -0.15) is 0 Å². The molecule has 7 heteroatoms. The van der Waals surface area contributed by atoms with E-state index in [4.69, 9.17) is 14.0 Å². The van der Waals surface area contributed by atoms with Crippen molar-refractivity contribution in [1.82, 2.24) is 5.16 Å². The van der Waals surface area contributed by atoms with Gasteiger partial charge in [0.15, 0.2) is 6.10 Å². The maximum atomic E-state index is 12.4. The number of anilines is 1. The third-order valence-electron chi connectivity index (χ3n) is 4.95. The summed E-state index contributed by atoms with van der Waals surface area (Å²) in [4.78, 5) is 24.8. The second-order valence-corrected chi connectivity index (χ2v) is 7.47. The molecule has 3 rings (SSSR count). The lowest BCUT2D eigenvalue weighted by Gasteiger charge is -2.15. The molecule has 2 aromatic carbocycles. The molecule has 162 valence electrons. The molecule has 0 saturated heterocycles. The van der Waals surface area contributed by atoms with Crippen LogP contribution < -0.4 is 10.1 Å². The molecule has 31 heavy (non-hydrogen) atoms. The van der Waals surface area contributed by atoms with E-state index in [0.717, 1.165) is 22.4 Å². The number of benzene rings is 2. The summed E-state index contributed by atoms with van der Waals surface area (Å²) in [6.45, 7) is 9.43. The molecular formula is C24H26N2O5. The molecule has 0 bridgehead atoms. The smallest absolute Gasteiger partial charge is 0.338 e. The van der Waals surface area contributed by atoms with Gasteiger partial charge in [-0.1, -0.05) is 22.9 Å². The molecule has 1 aromatic heterocycles. The number of hydrogen-bond acceptors (Lipinski definition) is 6. The molecule has 0 aliphatic carbocycles. The number of esters is 1. The lowest BCUT2D eigenvalue weighted by atomic mass is 10.1. The summed E-state index contributed by atoms with van der Waals surface area (Å²) in [6, 6.07) is 12.3. The van der Waals surface area contributed by atoms with Gasteiger partial charge in [0.05, 0.1) is 16.8 Å². The SMILES string of the molecule is Cc1ccc(NC(=O)[C@H](C)OC(=O)c2ccc(OCc3c(C)noc3C)cc2)c(C)c1. The standard InChI is InChI=1S/C24H26N2O5/c1-14-6-11-22(15(2)12-14)25-23(27)18(5)30-24(28)19-7-9-20(10-8-19)29-13-21-16(3)26-31-17(21)4/h6-12,18H,13H2,1-5H3,(H,25,27)/t18-/m0/s1. The largest absolute Gasteiger partial charge is 0.489 e. The molecule has 0 saturated carbocycles. The maximum absolute atomic E-state index is 12.4. The topological polar surface area (TPSA) is 90.7 Å². The molecule has 0 unspecified atom stereocenters. The third-order valence-corrected chi connectivity index (χ3v) is 4.95. The van der Waals surface area contributed by atoms with E-state index in [-0.39, 0.29) is 5.91 Å². The van der Waals surface area contributed by atoms with Crippen molar-refractivity contribution in [3.05, 3.63) is 76.2 Å². The Morgan fingerprint density at radius 1 is 1.06 bits per heavy atom. The van der Waals surface area contributed by atoms with E-state index in [9.17, 15) is 9.59 Å². The number of ether oxygens (including phenoxy) is 2. The summed E-state index contributed by atoms with van der Waals surface area (Å²) >= 11 is 0. The number of hydrogen-bond donors (Lipinski definition) is 1. The van der Waals surface area contributed by atoms with E-state index in [0.29, 0.717) is 29.4 Å². The van der Waals surface area contributed by atoms with E-state index >= 15 is 0 Å². The van der Waals surface area contributed by atoms with Gasteiger partial charge >= 0.3 is 5.97 Å². The molecule has 1 atom stereocenters. The van der Waals surface area contributed by atoms with Gasteiger partial charge in [0, 0.05) is 5.69 Å². The number of carbonyl (C=O) groups is 2. The van der Waals surface area contributed by atoms with Gasteiger partial charge in [-0.25, -0.2) is 4.79 Å². The van der Waals surface area contributed by atoms with Crippen LogP contribution in [-0.4, -0.2) is 23.1 Å². The van der Waals surface area contributed by atoms with E-state index in [1.54, 1.807) is 24.3 Å². The average Bonchev–Trinajstić information content (AvgIpc) is 3.06. The number of aromatic nitrogens is 1. The van der Waals surface area contributed by atoms with E-state index in [2.05, 4.69) is 10.5 Å². The highest BCUT2D eigenvalue weighted by atomic mass is 16.5. The fourth-order valence-electron chi connectivity index (χ4n) is 3.02. The normalized spacial score (nSPS) is 11.6. The second-order valence-electron chi connectivity index (χ2n) is 7.47. The Kier molecular flexibility index (Phi) is 6.74. The summed E-state index contributed by atoms with van der Waals surface area (Å²) in [5.74, 6) is 0.336. The van der Waals surface area contributed by atoms with Crippen molar-refractivity contribution in [3.63, 3.8) is 0 Å². The third kappa shape index (κ3) is 5.51. The van der Waals surface area contributed by atoms with Gasteiger partial charge < -0.3 is 19.3 Å². The molecular weight excluding hydrogens is 396 g/mol. The summed E-state index contributed by atoms with van der Waals surface area (Å²) in [5, 5.41) is 6.69. The van der Waals surface area contributed by atoms with Crippen molar-refractivity contribution < 1.29 is 23.6 Å². The maximum Gasteiger partial charge on any atom is 0.338 e. The van der Waals surface area contributed by atoms with Crippen LogP contribution in [0.25, 0.3) is 0 Å². The van der Waals surface area contributed by atoms with E-state index < -0.39 is 12.1 Å². The highest BCUT2D eigenvalue weighted by molar-refractivity contribution is 5.97. The molecule has 0 spiro atoms. The predicted octanol–water partition coefficient (Wildman–Crippen LogP) is 4.67. The number of carbonyl (C=O) groups excluding carboxylic acids is 2. The molecule has 1 N–H and O–H groups in total. The van der Waals surface area contributed by atoms with Crippen molar-refractivity contribution >= 4 is 17.6 Å². The number of rotatable bonds is 7. The predicted molar refractivity (Wildman–Crippen MR) is 116 cm³/mol. The zero-order valence-corrected chi connectivity index (χ0v) is 18.3. The Bertz CT molecular complexity index is 1070. The van der Waals surface area contributed by atoms with Crippen LogP contribution in [0, 0.1) is 27.7 Å². The first-order valence-electron chi connectivity index (χ1n) is 9.98. The molecule has 0 aliphatic rings. The van der Waals surface area contributed by atoms with Crippen LogP contribution in [0.15, 0.2) is 47.0 Å². The van der Waals surface area contributed by atoms with Crippen molar-refractivity contribution in [3.8, 4) is 5.75 Å². The first-order chi connectivity index (χ1) is 14.7. The Hall–Kier alpha value is -3.61. The molecule has 0 aliphatic heterocycles. The first kappa shape index (κ1) is 22.1. The van der Waals surface area contributed by atoms with Crippen LogP contribution in [0.4, 0.5) is 5.69 Å². The Morgan fingerprint density at radius 2 is 1.77 bits per heavy atom. The Balaban J connectivity index is 1.55. The molecule has 7 nitrogen and oxygen atoms in total. The van der Waals surface area contributed by atoms with Crippen LogP contribution >= 0.6 is 0 Å². The van der Waals surface area contributed by atoms with Gasteiger partial charge in [-0.3, -0.25) is 4.79 Å². The Morgan fingerprint density at radius 3 is 2.39 bits per heavy atom. The van der Waals surface area contributed by atoms with Gasteiger partial charge in [0.1, 0.15) is 18.1 Å². The van der Waals surface area contributed by atoms with Crippen LogP contribution in [0.3, 0.4) is 0 Å². The molecule has 1 amide bonds. The Labute approximate surface area is 181 Å². The monoisotopic (exact) mass is 422 g/mol. The molecule has 0 fully saturated rings. The minimum absolute atomic E-state index is 0.320. The zero-order valence-electron chi connectivity index (χ0n) is 18.3. The minimum Gasteiger partial charge on any atom is -0.489 e. The van der Waals surface area contributed by atoms with E-state index in [1.807, 2.05) is 45.9 Å². The highest BCUT2D eigenvalue weighted by Gasteiger charge is 2.20. The molecule has 1 heterocycles. The molecule has 3 aromatic rings. The quantitative estimate of drug-likeness (QED) is 0.557. The summed E-state index contributed by atoms with van der Waals surface area (Å²) in [7, 11) is 0. The van der Waals surface area contributed by atoms with Gasteiger partial charge in [0.2, 0.25) is 0 Å². The van der Waals surface area contributed by atoms with Gasteiger partial charge in [0.25, 0.3) is 5.91 Å². The molecule has 0 radical (unpaired) electrons. The van der Waals surface area contributed by atoms with Crippen molar-refractivity contribution in [2.45, 2.75) is 47.3 Å². The number of nitrogens with one attached hydrogen (secondary N) is 1. The summed E-state index contributed by atoms with van der Waals surface area (Å²) < 4.78 is 16.2. The van der Waals surface area contributed by atoms with Crippen LogP contribution in [0.1, 0.15) is 45.4 Å². The zero-order chi connectivity index (χ0) is 22.5. The van der Waals surface area contributed by atoms with Crippen LogP contribution in [-0.2, 0) is 16.1 Å². The highest BCUT2D eigenvalue weighted by Crippen LogP contribution is 2.19. The second kappa shape index (κ2) is 9.47.